The molecule has 18 heavy (non-hydrogen) atoms. The van der Waals surface area contributed by atoms with Crippen molar-refractivity contribution >= 4 is 22.9 Å². The van der Waals surface area contributed by atoms with Gasteiger partial charge in [-0.25, -0.2) is 4.98 Å². The third kappa shape index (κ3) is 3.90. The Bertz CT molecular complexity index is 362. The summed E-state index contributed by atoms with van der Waals surface area (Å²) in [7, 11) is 1.71. The van der Waals surface area contributed by atoms with Gasteiger partial charge in [-0.2, -0.15) is 0 Å². The molecule has 1 saturated heterocycles. The highest BCUT2D eigenvalue weighted by atomic mass is 35.5. The van der Waals surface area contributed by atoms with Crippen LogP contribution >= 0.6 is 22.9 Å². The van der Waals surface area contributed by atoms with E-state index in [-0.39, 0.29) is 6.10 Å². The molecule has 4 nitrogen and oxygen atoms in total. The third-order valence-corrected chi connectivity index (χ3v) is 4.25. The number of halogens is 1. The third-order valence-electron chi connectivity index (χ3n) is 3.07. The molecule has 2 atom stereocenters. The first-order chi connectivity index (χ1) is 8.81. The van der Waals surface area contributed by atoms with Gasteiger partial charge in [0.25, 0.3) is 0 Å². The first-order valence-electron chi connectivity index (χ1n) is 6.23. The molecule has 1 aromatic rings. The number of hydrogen-bond donors (Lipinski definition) is 1. The molecule has 0 saturated carbocycles. The first-order valence-corrected chi connectivity index (χ1v) is 7.43. The minimum atomic E-state index is 0.0892. The van der Waals surface area contributed by atoms with Crippen molar-refractivity contribution in [1.82, 2.24) is 10.3 Å². The molecular formula is C12H19ClN2O2S. The predicted octanol–water partition coefficient (Wildman–Crippen LogP) is 2.50. The van der Waals surface area contributed by atoms with Crippen LogP contribution < -0.4 is 5.32 Å². The minimum Gasteiger partial charge on any atom is -0.383 e. The molecule has 2 rings (SSSR count). The fourth-order valence-electron chi connectivity index (χ4n) is 2.19. The number of nitrogens with one attached hydrogen (secondary N) is 1. The molecule has 0 amide bonds. The number of hydrogen-bond acceptors (Lipinski definition) is 5. The summed E-state index contributed by atoms with van der Waals surface area (Å²) in [6.07, 6.45) is 4.08. The topological polar surface area (TPSA) is 43.4 Å². The molecule has 0 aliphatic carbocycles. The lowest BCUT2D eigenvalue weighted by Gasteiger charge is -2.30. The summed E-state index contributed by atoms with van der Waals surface area (Å²) in [6.45, 7) is 3.36. The van der Waals surface area contributed by atoms with E-state index in [0.29, 0.717) is 5.92 Å². The second-order valence-electron chi connectivity index (χ2n) is 4.39. The molecule has 0 radical (unpaired) electrons. The molecule has 6 heteroatoms. The van der Waals surface area contributed by atoms with Crippen molar-refractivity contribution in [3.05, 3.63) is 15.5 Å². The first kappa shape index (κ1) is 14.2. The molecule has 102 valence electrons. The van der Waals surface area contributed by atoms with Crippen molar-refractivity contribution in [3.63, 3.8) is 0 Å². The highest BCUT2D eigenvalue weighted by Gasteiger charge is 2.29. The van der Waals surface area contributed by atoms with E-state index in [0.717, 1.165) is 42.1 Å². The van der Waals surface area contributed by atoms with E-state index >= 15 is 0 Å². The second-order valence-corrected chi connectivity index (χ2v) is 6.09. The fourth-order valence-corrected chi connectivity index (χ4v) is 3.26. The normalized spacial score (nSPS) is 24.3. The standard InChI is InChI=1S/C12H19ClN2O2S/c1-16-6-4-14-7-9-3-2-5-17-11(9)12-15-8-10(13)18-12/h8-9,11,14H,2-7H2,1H3. The summed E-state index contributed by atoms with van der Waals surface area (Å²) in [5.74, 6) is 0.470. The zero-order valence-electron chi connectivity index (χ0n) is 10.5. The maximum Gasteiger partial charge on any atom is 0.123 e. The van der Waals surface area contributed by atoms with Crippen LogP contribution in [-0.2, 0) is 9.47 Å². The fraction of sp³-hybridized carbons (Fsp3) is 0.750. The number of methoxy groups -OCH3 is 1. The van der Waals surface area contributed by atoms with Gasteiger partial charge < -0.3 is 14.8 Å². The van der Waals surface area contributed by atoms with Gasteiger partial charge in [0.05, 0.1) is 12.8 Å². The Morgan fingerprint density at radius 2 is 2.56 bits per heavy atom. The lowest BCUT2D eigenvalue weighted by atomic mass is 9.94. The molecule has 2 unspecified atom stereocenters. The van der Waals surface area contributed by atoms with E-state index < -0.39 is 0 Å². The predicted molar refractivity (Wildman–Crippen MR) is 73.3 cm³/mol. The Morgan fingerprint density at radius 1 is 1.67 bits per heavy atom. The number of ether oxygens (including phenoxy) is 2. The molecule has 2 heterocycles. The van der Waals surface area contributed by atoms with Crippen LogP contribution in [0.4, 0.5) is 0 Å². The van der Waals surface area contributed by atoms with E-state index in [1.54, 1.807) is 13.3 Å². The zero-order chi connectivity index (χ0) is 12.8. The average Bonchev–Trinajstić information content (AvgIpc) is 2.82. The summed E-state index contributed by atoms with van der Waals surface area (Å²) in [5, 5.41) is 4.40. The van der Waals surface area contributed by atoms with Gasteiger partial charge in [0, 0.05) is 32.7 Å². The molecule has 0 aromatic carbocycles. The Balaban J connectivity index is 1.89. The molecule has 1 N–H and O–H groups in total. The molecule has 0 spiro atoms. The lowest BCUT2D eigenvalue weighted by molar-refractivity contribution is -0.0281. The molecule has 0 bridgehead atoms. The average molecular weight is 291 g/mol. The highest BCUT2D eigenvalue weighted by Crippen LogP contribution is 2.36. The van der Waals surface area contributed by atoms with Gasteiger partial charge in [0.15, 0.2) is 0 Å². The number of rotatable bonds is 6. The Morgan fingerprint density at radius 3 is 3.28 bits per heavy atom. The number of nitrogens with zero attached hydrogens (tertiary/aromatic N) is 1. The quantitative estimate of drug-likeness (QED) is 0.818. The van der Waals surface area contributed by atoms with E-state index in [9.17, 15) is 0 Å². The van der Waals surface area contributed by atoms with Crippen molar-refractivity contribution < 1.29 is 9.47 Å². The van der Waals surface area contributed by atoms with E-state index in [1.807, 2.05) is 0 Å². The van der Waals surface area contributed by atoms with Gasteiger partial charge in [-0.05, 0) is 12.8 Å². The molecular weight excluding hydrogens is 272 g/mol. The Kier molecular flexibility index (Phi) is 5.85. The van der Waals surface area contributed by atoms with Crippen molar-refractivity contribution in [3.8, 4) is 0 Å². The van der Waals surface area contributed by atoms with E-state index in [4.69, 9.17) is 21.1 Å². The maximum absolute atomic E-state index is 5.94. The highest BCUT2D eigenvalue weighted by molar-refractivity contribution is 7.15. The monoisotopic (exact) mass is 290 g/mol. The number of aromatic nitrogens is 1. The summed E-state index contributed by atoms with van der Waals surface area (Å²) >= 11 is 7.46. The van der Waals surface area contributed by atoms with Crippen LogP contribution in [0.15, 0.2) is 6.20 Å². The van der Waals surface area contributed by atoms with Crippen molar-refractivity contribution in [2.45, 2.75) is 18.9 Å². The zero-order valence-corrected chi connectivity index (χ0v) is 12.1. The maximum atomic E-state index is 5.94. The molecule has 1 aromatic heterocycles. The van der Waals surface area contributed by atoms with Crippen LogP contribution in [0.5, 0.6) is 0 Å². The van der Waals surface area contributed by atoms with Crippen molar-refractivity contribution in [1.29, 1.82) is 0 Å². The summed E-state index contributed by atoms with van der Waals surface area (Å²) < 4.78 is 11.6. The van der Waals surface area contributed by atoms with Crippen LogP contribution in [0, 0.1) is 5.92 Å². The Hall–Kier alpha value is -0.200. The van der Waals surface area contributed by atoms with Gasteiger partial charge in [0.2, 0.25) is 0 Å². The van der Waals surface area contributed by atoms with Crippen LogP contribution in [0.25, 0.3) is 0 Å². The lowest BCUT2D eigenvalue weighted by Crippen LogP contribution is -2.33. The van der Waals surface area contributed by atoms with Gasteiger partial charge in [-0.3, -0.25) is 0 Å². The molecule has 1 aliphatic heterocycles. The molecule has 1 aliphatic rings. The van der Waals surface area contributed by atoms with E-state index in [2.05, 4.69) is 10.3 Å². The Labute approximate surface area is 117 Å². The summed E-state index contributed by atoms with van der Waals surface area (Å²) in [5.41, 5.74) is 0. The van der Waals surface area contributed by atoms with Crippen LogP contribution in [0.1, 0.15) is 24.0 Å². The van der Waals surface area contributed by atoms with Gasteiger partial charge >= 0.3 is 0 Å². The largest absolute Gasteiger partial charge is 0.383 e. The van der Waals surface area contributed by atoms with Crippen molar-refractivity contribution in [2.24, 2.45) is 5.92 Å². The van der Waals surface area contributed by atoms with E-state index in [1.165, 1.54) is 17.8 Å². The van der Waals surface area contributed by atoms with Gasteiger partial charge in [0.1, 0.15) is 15.4 Å². The number of thiazole rings is 1. The van der Waals surface area contributed by atoms with Crippen LogP contribution in [0.3, 0.4) is 0 Å². The van der Waals surface area contributed by atoms with Crippen molar-refractivity contribution in [2.75, 3.05) is 33.4 Å². The summed E-state index contributed by atoms with van der Waals surface area (Å²) in [4.78, 5) is 4.34. The minimum absolute atomic E-state index is 0.0892. The second kappa shape index (κ2) is 7.40. The van der Waals surface area contributed by atoms with Gasteiger partial charge in [-0.1, -0.05) is 11.6 Å². The molecule has 1 fully saturated rings. The van der Waals surface area contributed by atoms with Gasteiger partial charge in [-0.15, -0.1) is 11.3 Å². The summed E-state index contributed by atoms with van der Waals surface area (Å²) in [6, 6.07) is 0. The van der Waals surface area contributed by atoms with Crippen LogP contribution in [-0.4, -0.2) is 38.4 Å². The smallest absolute Gasteiger partial charge is 0.123 e. The van der Waals surface area contributed by atoms with Crippen LogP contribution in [0.2, 0.25) is 4.34 Å². The SMILES string of the molecule is COCCNCC1CCCOC1c1ncc(Cl)s1.